The maximum absolute atomic E-state index is 4.59. The molecule has 0 atom stereocenters. The van der Waals surface area contributed by atoms with Gasteiger partial charge in [0.25, 0.3) is 0 Å². The Balaban J connectivity index is 2.16. The zero-order valence-electron chi connectivity index (χ0n) is 12.7. The molecule has 0 fully saturated rings. The number of hydrogen-bond acceptors (Lipinski definition) is 4. The van der Waals surface area contributed by atoms with E-state index in [0.29, 0.717) is 5.95 Å². The summed E-state index contributed by atoms with van der Waals surface area (Å²) in [6.07, 6.45) is 1.05. The molecule has 0 amide bonds. The zero-order valence-corrected chi connectivity index (χ0v) is 14.3. The van der Waals surface area contributed by atoms with Crippen molar-refractivity contribution >= 4 is 27.7 Å². The lowest BCUT2D eigenvalue weighted by Gasteiger charge is -2.20. The van der Waals surface area contributed by atoms with Gasteiger partial charge in [0.05, 0.1) is 0 Å². The lowest BCUT2D eigenvalue weighted by Crippen LogP contribution is -2.19. The Labute approximate surface area is 134 Å². The second-order valence-corrected chi connectivity index (χ2v) is 5.92. The highest BCUT2D eigenvalue weighted by molar-refractivity contribution is 9.10. The van der Waals surface area contributed by atoms with Crippen molar-refractivity contribution in [2.75, 3.05) is 23.8 Å². The van der Waals surface area contributed by atoms with Gasteiger partial charge >= 0.3 is 0 Å². The Hall–Kier alpha value is -1.62. The van der Waals surface area contributed by atoms with Crippen LogP contribution in [0.4, 0.5) is 11.8 Å². The third kappa shape index (κ3) is 4.43. The summed E-state index contributed by atoms with van der Waals surface area (Å²) < 4.78 is 1.12. The van der Waals surface area contributed by atoms with Crippen LogP contribution in [-0.4, -0.2) is 23.6 Å². The van der Waals surface area contributed by atoms with Crippen LogP contribution < -0.4 is 10.2 Å². The van der Waals surface area contributed by atoms with Crippen molar-refractivity contribution < 1.29 is 0 Å². The summed E-state index contributed by atoms with van der Waals surface area (Å²) in [6.45, 7) is 5.80. The molecule has 0 unspecified atom stereocenters. The number of aryl methyl sites for hydroxylation is 1. The lowest BCUT2D eigenvalue weighted by atomic mass is 10.2. The van der Waals surface area contributed by atoms with Gasteiger partial charge in [0, 0.05) is 36.4 Å². The lowest BCUT2D eigenvalue weighted by molar-refractivity contribution is 0.876. The fourth-order valence-corrected chi connectivity index (χ4v) is 2.44. The molecule has 112 valence electrons. The molecule has 1 heterocycles. The van der Waals surface area contributed by atoms with Gasteiger partial charge in [0.15, 0.2) is 0 Å². The summed E-state index contributed by atoms with van der Waals surface area (Å²) in [5, 5.41) is 3.25. The van der Waals surface area contributed by atoms with E-state index < -0.39 is 0 Å². The van der Waals surface area contributed by atoms with Gasteiger partial charge in [-0.25, -0.2) is 4.98 Å². The van der Waals surface area contributed by atoms with Crippen LogP contribution in [0.15, 0.2) is 34.8 Å². The molecular formula is C16H21BrN4. The third-order valence-corrected chi connectivity index (χ3v) is 3.90. The fourth-order valence-electron chi connectivity index (χ4n) is 2.03. The average Bonchev–Trinajstić information content (AvgIpc) is 2.47. The molecule has 0 aliphatic rings. The van der Waals surface area contributed by atoms with Gasteiger partial charge in [0.2, 0.25) is 5.95 Å². The van der Waals surface area contributed by atoms with E-state index in [2.05, 4.69) is 55.2 Å². The van der Waals surface area contributed by atoms with Crippen molar-refractivity contribution in [3.8, 4) is 0 Å². The first-order valence-electron chi connectivity index (χ1n) is 7.14. The molecule has 0 radical (unpaired) electrons. The van der Waals surface area contributed by atoms with Crippen LogP contribution in [0, 0.1) is 6.92 Å². The number of rotatable bonds is 6. The number of nitrogens with zero attached hydrogens (tertiary/aromatic N) is 3. The molecule has 4 nitrogen and oxygen atoms in total. The Morgan fingerprint density at radius 1 is 1.24 bits per heavy atom. The van der Waals surface area contributed by atoms with E-state index in [1.807, 2.05) is 32.2 Å². The molecule has 0 aliphatic carbocycles. The van der Waals surface area contributed by atoms with Crippen LogP contribution >= 0.6 is 15.9 Å². The normalized spacial score (nSPS) is 10.5. The molecule has 0 saturated heterocycles. The van der Waals surface area contributed by atoms with Crippen molar-refractivity contribution in [2.45, 2.75) is 26.8 Å². The van der Waals surface area contributed by atoms with Crippen molar-refractivity contribution in [1.82, 2.24) is 9.97 Å². The molecule has 1 N–H and O–H groups in total. The van der Waals surface area contributed by atoms with E-state index >= 15 is 0 Å². The predicted molar refractivity (Wildman–Crippen MR) is 91.8 cm³/mol. The highest BCUT2D eigenvalue weighted by Crippen LogP contribution is 2.21. The second-order valence-electron chi connectivity index (χ2n) is 5.07. The van der Waals surface area contributed by atoms with E-state index in [1.165, 1.54) is 5.56 Å². The number of anilines is 2. The van der Waals surface area contributed by atoms with E-state index in [4.69, 9.17) is 0 Å². The highest BCUT2D eigenvalue weighted by Gasteiger charge is 2.09. The summed E-state index contributed by atoms with van der Waals surface area (Å²) in [5.41, 5.74) is 2.21. The van der Waals surface area contributed by atoms with Gasteiger partial charge in [-0.1, -0.05) is 41.1 Å². The average molecular weight is 349 g/mol. The van der Waals surface area contributed by atoms with Gasteiger partial charge in [-0.15, -0.1) is 0 Å². The molecule has 0 aliphatic heterocycles. The first-order valence-corrected chi connectivity index (χ1v) is 7.93. The van der Waals surface area contributed by atoms with Crippen LogP contribution in [-0.2, 0) is 6.54 Å². The van der Waals surface area contributed by atoms with Gasteiger partial charge in [-0.05, 0) is 25.0 Å². The van der Waals surface area contributed by atoms with E-state index in [1.54, 1.807) is 0 Å². The van der Waals surface area contributed by atoms with E-state index in [-0.39, 0.29) is 0 Å². The van der Waals surface area contributed by atoms with Crippen molar-refractivity contribution in [3.05, 3.63) is 46.1 Å². The van der Waals surface area contributed by atoms with Crippen LogP contribution in [0.25, 0.3) is 0 Å². The maximum Gasteiger partial charge on any atom is 0.224 e. The number of hydrogen-bond donors (Lipinski definition) is 1. The van der Waals surface area contributed by atoms with E-state index in [9.17, 15) is 0 Å². The van der Waals surface area contributed by atoms with Gasteiger partial charge in [0.1, 0.15) is 5.82 Å². The van der Waals surface area contributed by atoms with Gasteiger partial charge < -0.3 is 10.2 Å². The summed E-state index contributed by atoms with van der Waals surface area (Å²) >= 11 is 3.59. The Morgan fingerprint density at radius 3 is 2.71 bits per heavy atom. The smallest absolute Gasteiger partial charge is 0.224 e. The van der Waals surface area contributed by atoms with Crippen LogP contribution in [0.5, 0.6) is 0 Å². The number of aromatic nitrogens is 2. The van der Waals surface area contributed by atoms with Crippen LogP contribution in [0.1, 0.15) is 24.6 Å². The molecular weight excluding hydrogens is 328 g/mol. The molecule has 0 bridgehead atoms. The SMILES string of the molecule is CCCNc1nc(C)cc(N(C)Cc2ccccc2Br)n1. The quantitative estimate of drug-likeness (QED) is 0.856. The number of benzene rings is 1. The van der Waals surface area contributed by atoms with Crippen LogP contribution in [0.2, 0.25) is 0 Å². The Morgan fingerprint density at radius 2 is 2.00 bits per heavy atom. The summed E-state index contributed by atoms with van der Waals surface area (Å²) in [6, 6.07) is 10.3. The largest absolute Gasteiger partial charge is 0.355 e. The van der Waals surface area contributed by atoms with Crippen molar-refractivity contribution in [2.24, 2.45) is 0 Å². The van der Waals surface area contributed by atoms with Gasteiger partial charge in [-0.3, -0.25) is 0 Å². The predicted octanol–water partition coefficient (Wildman–Crippen LogP) is 4.01. The fraction of sp³-hybridized carbons (Fsp3) is 0.375. The van der Waals surface area contributed by atoms with Gasteiger partial charge in [-0.2, -0.15) is 4.98 Å². The maximum atomic E-state index is 4.59. The molecule has 0 saturated carbocycles. The Bertz CT molecular complexity index is 601. The molecule has 1 aromatic carbocycles. The summed E-state index contributed by atoms with van der Waals surface area (Å²) in [4.78, 5) is 11.1. The first kappa shape index (κ1) is 15.8. The summed E-state index contributed by atoms with van der Waals surface area (Å²) in [7, 11) is 2.05. The minimum atomic E-state index is 0.700. The van der Waals surface area contributed by atoms with E-state index in [0.717, 1.165) is 35.5 Å². The van der Waals surface area contributed by atoms with Crippen molar-refractivity contribution in [3.63, 3.8) is 0 Å². The summed E-state index contributed by atoms with van der Waals surface area (Å²) in [5.74, 6) is 1.63. The number of halogens is 1. The highest BCUT2D eigenvalue weighted by atomic mass is 79.9. The second kappa shape index (κ2) is 7.41. The first-order chi connectivity index (χ1) is 10.1. The molecule has 2 rings (SSSR count). The molecule has 1 aromatic heterocycles. The molecule has 5 heteroatoms. The number of nitrogens with one attached hydrogen (secondary N) is 1. The topological polar surface area (TPSA) is 41.1 Å². The minimum absolute atomic E-state index is 0.700. The zero-order chi connectivity index (χ0) is 15.2. The monoisotopic (exact) mass is 348 g/mol. The minimum Gasteiger partial charge on any atom is -0.355 e. The molecule has 0 spiro atoms. The molecule has 21 heavy (non-hydrogen) atoms. The van der Waals surface area contributed by atoms with Crippen molar-refractivity contribution in [1.29, 1.82) is 0 Å². The Kier molecular flexibility index (Phi) is 5.56. The molecule has 2 aromatic rings. The standard InChI is InChI=1S/C16H21BrN4/c1-4-9-18-16-19-12(2)10-15(20-16)21(3)11-13-7-5-6-8-14(13)17/h5-8,10H,4,9,11H2,1-3H3,(H,18,19,20). The third-order valence-electron chi connectivity index (χ3n) is 3.13. The van der Waals surface area contributed by atoms with Crippen LogP contribution in [0.3, 0.4) is 0 Å².